The second kappa shape index (κ2) is 10.2. The number of halogens is 4. The number of carbonyl (C=O) groups is 1. The number of ether oxygens (including phenoxy) is 2. The fourth-order valence-corrected chi connectivity index (χ4v) is 3.30. The quantitative estimate of drug-likeness (QED) is 0.470. The average Bonchev–Trinajstić information content (AvgIpc) is 2.72. The minimum atomic E-state index is -3.15. The van der Waals surface area contributed by atoms with Gasteiger partial charge in [-0.3, -0.25) is 4.79 Å². The summed E-state index contributed by atoms with van der Waals surface area (Å²) in [6, 6.07) is 11.5. The monoisotopic (exact) mass is 438 g/mol. The number of piperazine rings is 1. The van der Waals surface area contributed by atoms with Gasteiger partial charge in [0.1, 0.15) is 11.5 Å². The number of aryl methyl sites for hydroxylation is 1. The summed E-state index contributed by atoms with van der Waals surface area (Å²) >= 11 is 0. The van der Waals surface area contributed by atoms with Crippen LogP contribution in [-0.2, 0) is 4.79 Å². The van der Waals surface area contributed by atoms with Gasteiger partial charge in [0.15, 0.2) is 0 Å². The molecule has 0 N–H and O–H groups in total. The number of nitrogens with zero attached hydrogens (tertiary/aromatic N) is 2. The number of amides is 1. The van der Waals surface area contributed by atoms with E-state index in [4.69, 9.17) is 0 Å². The Morgan fingerprint density at radius 1 is 0.968 bits per heavy atom. The van der Waals surface area contributed by atoms with Crippen molar-refractivity contribution in [2.45, 2.75) is 20.1 Å². The molecule has 0 bridgehead atoms. The van der Waals surface area contributed by atoms with Crippen molar-refractivity contribution in [3.63, 3.8) is 0 Å². The van der Waals surface area contributed by atoms with Crippen LogP contribution in [0.1, 0.15) is 11.1 Å². The largest absolute Gasteiger partial charge is 0.435 e. The maximum absolute atomic E-state index is 12.7. The standard InChI is InChI=1S/C22H22F4N2O3/c1-15-3-2-4-17(13-15)27-9-11-28(12-10-27)20(29)8-6-16-5-7-18(30-21(23)24)14-19(16)31-22(25)26/h2-8,13-14,21-22H,9-12H2,1H3/b8-6+. The molecule has 1 amide bonds. The van der Waals surface area contributed by atoms with Gasteiger partial charge in [-0.1, -0.05) is 12.1 Å². The van der Waals surface area contributed by atoms with E-state index in [1.165, 1.54) is 24.3 Å². The molecule has 0 aliphatic carbocycles. The lowest BCUT2D eigenvalue weighted by atomic mass is 10.1. The summed E-state index contributed by atoms with van der Waals surface area (Å²) in [5, 5.41) is 0. The second-order valence-electron chi connectivity index (χ2n) is 6.94. The Morgan fingerprint density at radius 3 is 2.32 bits per heavy atom. The summed E-state index contributed by atoms with van der Waals surface area (Å²) in [6.07, 6.45) is 2.57. The van der Waals surface area contributed by atoms with E-state index >= 15 is 0 Å². The van der Waals surface area contributed by atoms with Crippen LogP contribution in [0.4, 0.5) is 23.2 Å². The van der Waals surface area contributed by atoms with Gasteiger partial charge in [-0.2, -0.15) is 17.6 Å². The molecule has 0 unspecified atom stereocenters. The summed E-state index contributed by atoms with van der Waals surface area (Å²) in [5.41, 5.74) is 2.40. The first-order chi connectivity index (χ1) is 14.8. The molecule has 2 aromatic carbocycles. The fraction of sp³-hybridized carbons (Fsp3) is 0.318. The lowest BCUT2D eigenvalue weighted by Gasteiger charge is -2.35. The Morgan fingerprint density at radius 2 is 1.68 bits per heavy atom. The van der Waals surface area contributed by atoms with E-state index in [-0.39, 0.29) is 23.0 Å². The molecule has 0 aromatic heterocycles. The van der Waals surface area contributed by atoms with Crippen LogP contribution < -0.4 is 14.4 Å². The minimum Gasteiger partial charge on any atom is -0.435 e. The molecule has 1 saturated heterocycles. The fourth-order valence-electron chi connectivity index (χ4n) is 3.30. The maximum atomic E-state index is 12.7. The highest BCUT2D eigenvalue weighted by atomic mass is 19.3. The van der Waals surface area contributed by atoms with Gasteiger partial charge in [-0.15, -0.1) is 0 Å². The third-order valence-electron chi connectivity index (χ3n) is 4.79. The van der Waals surface area contributed by atoms with Crippen LogP contribution in [0, 0.1) is 6.92 Å². The highest BCUT2D eigenvalue weighted by molar-refractivity contribution is 5.92. The Labute approximate surface area is 177 Å². The van der Waals surface area contributed by atoms with Crippen LogP contribution in [-0.4, -0.2) is 50.2 Å². The Bertz CT molecular complexity index is 929. The van der Waals surface area contributed by atoms with Crippen LogP contribution in [0.2, 0.25) is 0 Å². The molecule has 9 heteroatoms. The first-order valence-electron chi connectivity index (χ1n) is 9.64. The third kappa shape index (κ3) is 6.37. The predicted octanol–water partition coefficient (Wildman–Crippen LogP) is 4.56. The molecule has 3 rings (SSSR count). The van der Waals surface area contributed by atoms with Crippen LogP contribution in [0.25, 0.3) is 6.08 Å². The number of hydrogen-bond donors (Lipinski definition) is 0. The summed E-state index contributed by atoms with van der Waals surface area (Å²) in [6.45, 7) is -1.87. The highest BCUT2D eigenvalue weighted by Crippen LogP contribution is 2.28. The van der Waals surface area contributed by atoms with Crippen molar-refractivity contribution >= 4 is 17.7 Å². The molecule has 1 heterocycles. The number of benzene rings is 2. The Balaban J connectivity index is 1.64. The van der Waals surface area contributed by atoms with Crippen molar-refractivity contribution in [1.82, 2.24) is 4.90 Å². The van der Waals surface area contributed by atoms with Gasteiger partial charge < -0.3 is 19.3 Å². The van der Waals surface area contributed by atoms with Gasteiger partial charge in [0.05, 0.1) is 0 Å². The van der Waals surface area contributed by atoms with Gasteiger partial charge in [0.2, 0.25) is 5.91 Å². The van der Waals surface area contributed by atoms with E-state index in [0.717, 1.165) is 17.3 Å². The van der Waals surface area contributed by atoms with E-state index < -0.39 is 13.2 Å². The maximum Gasteiger partial charge on any atom is 0.387 e. The van der Waals surface area contributed by atoms with Crippen molar-refractivity contribution in [2.75, 3.05) is 31.1 Å². The summed E-state index contributed by atoms with van der Waals surface area (Å²) < 4.78 is 58.6. The van der Waals surface area contributed by atoms with Crippen molar-refractivity contribution in [2.24, 2.45) is 0 Å². The molecule has 0 atom stereocenters. The molecule has 0 saturated carbocycles. The second-order valence-corrected chi connectivity index (χ2v) is 6.94. The normalized spacial score (nSPS) is 14.5. The Kier molecular flexibility index (Phi) is 7.38. The molecule has 0 spiro atoms. The van der Waals surface area contributed by atoms with Gasteiger partial charge in [0.25, 0.3) is 0 Å². The van der Waals surface area contributed by atoms with Crippen LogP contribution >= 0.6 is 0 Å². The molecule has 2 aromatic rings. The Hall–Kier alpha value is -3.23. The third-order valence-corrected chi connectivity index (χ3v) is 4.79. The molecule has 5 nitrogen and oxygen atoms in total. The van der Waals surface area contributed by atoms with Crippen LogP contribution in [0.3, 0.4) is 0 Å². The van der Waals surface area contributed by atoms with Gasteiger partial charge in [0, 0.05) is 49.6 Å². The number of alkyl halides is 4. The molecular formula is C22H22F4N2O3. The van der Waals surface area contributed by atoms with Crippen LogP contribution in [0.15, 0.2) is 48.5 Å². The smallest absolute Gasteiger partial charge is 0.387 e. The van der Waals surface area contributed by atoms with Gasteiger partial charge >= 0.3 is 13.2 Å². The topological polar surface area (TPSA) is 42.0 Å². The SMILES string of the molecule is Cc1cccc(N2CCN(C(=O)/C=C/c3ccc(OC(F)F)cc3OC(F)F)CC2)c1. The number of carbonyl (C=O) groups excluding carboxylic acids is 1. The zero-order chi connectivity index (χ0) is 22.4. The number of hydrogen-bond acceptors (Lipinski definition) is 4. The summed E-state index contributed by atoms with van der Waals surface area (Å²) in [7, 11) is 0. The molecule has 1 fully saturated rings. The minimum absolute atomic E-state index is 0.147. The van der Waals surface area contributed by atoms with E-state index in [0.29, 0.717) is 26.2 Å². The molecule has 1 aliphatic rings. The zero-order valence-electron chi connectivity index (χ0n) is 16.8. The van der Waals surface area contributed by atoms with Crippen molar-refractivity contribution in [1.29, 1.82) is 0 Å². The predicted molar refractivity (Wildman–Crippen MR) is 109 cm³/mol. The van der Waals surface area contributed by atoms with Crippen molar-refractivity contribution < 1.29 is 31.8 Å². The molecule has 0 radical (unpaired) electrons. The lowest BCUT2D eigenvalue weighted by molar-refractivity contribution is -0.126. The van der Waals surface area contributed by atoms with Gasteiger partial charge in [-0.05, 0) is 42.8 Å². The van der Waals surface area contributed by atoms with Crippen molar-refractivity contribution in [3.05, 3.63) is 59.7 Å². The first kappa shape index (κ1) is 22.5. The van der Waals surface area contributed by atoms with E-state index in [1.54, 1.807) is 4.90 Å². The summed E-state index contributed by atoms with van der Waals surface area (Å²) in [4.78, 5) is 16.4. The molecule has 166 valence electrons. The molecule has 31 heavy (non-hydrogen) atoms. The van der Waals surface area contributed by atoms with Crippen LogP contribution in [0.5, 0.6) is 11.5 Å². The highest BCUT2D eigenvalue weighted by Gasteiger charge is 2.20. The zero-order valence-corrected chi connectivity index (χ0v) is 16.8. The molecular weight excluding hydrogens is 416 g/mol. The number of rotatable bonds is 7. The van der Waals surface area contributed by atoms with Gasteiger partial charge in [-0.25, -0.2) is 0 Å². The average molecular weight is 438 g/mol. The first-order valence-corrected chi connectivity index (χ1v) is 9.64. The molecule has 1 aliphatic heterocycles. The number of anilines is 1. The lowest BCUT2D eigenvalue weighted by Crippen LogP contribution is -2.48. The van der Waals surface area contributed by atoms with E-state index in [1.807, 2.05) is 25.1 Å². The summed E-state index contributed by atoms with van der Waals surface area (Å²) in [5.74, 6) is -0.956. The van der Waals surface area contributed by atoms with E-state index in [2.05, 4.69) is 20.4 Å². The van der Waals surface area contributed by atoms with Crippen molar-refractivity contribution in [3.8, 4) is 11.5 Å². The van der Waals surface area contributed by atoms with E-state index in [9.17, 15) is 22.4 Å².